The molecule has 10 heteroatoms. The highest BCUT2D eigenvalue weighted by molar-refractivity contribution is 8.00. The summed E-state index contributed by atoms with van der Waals surface area (Å²) in [7, 11) is 3.08. The van der Waals surface area contributed by atoms with Crippen LogP contribution in [0.3, 0.4) is 0 Å². The average molecular weight is 616 g/mol. The van der Waals surface area contributed by atoms with Crippen LogP contribution in [0, 0.1) is 0 Å². The highest BCUT2D eigenvalue weighted by Gasteiger charge is 2.18. The molecule has 4 aromatic carbocycles. The molecule has 0 fully saturated rings. The fourth-order valence-corrected chi connectivity index (χ4v) is 4.99. The van der Waals surface area contributed by atoms with E-state index >= 15 is 0 Å². The molecule has 0 aliphatic carbocycles. The van der Waals surface area contributed by atoms with Gasteiger partial charge < -0.3 is 25.4 Å². The van der Waals surface area contributed by atoms with Gasteiger partial charge >= 0.3 is 0 Å². The summed E-state index contributed by atoms with van der Waals surface area (Å²) in [5.41, 5.74) is 2.14. The minimum absolute atomic E-state index is 0.0489. The smallest absolute Gasteiger partial charge is 0.272 e. The normalized spacial score (nSPS) is 11.7. The molecule has 43 heavy (non-hydrogen) atoms. The van der Waals surface area contributed by atoms with Gasteiger partial charge in [0.2, 0.25) is 5.91 Å². The first-order valence-electron chi connectivity index (χ1n) is 13.2. The van der Waals surface area contributed by atoms with E-state index in [2.05, 4.69) is 16.0 Å². The predicted octanol–water partition coefficient (Wildman–Crippen LogP) is 6.89. The zero-order chi connectivity index (χ0) is 30.8. The van der Waals surface area contributed by atoms with E-state index < -0.39 is 17.1 Å². The van der Waals surface area contributed by atoms with Crippen molar-refractivity contribution < 1.29 is 23.9 Å². The van der Waals surface area contributed by atoms with Crippen LogP contribution in [0.4, 0.5) is 11.4 Å². The second-order valence-electron chi connectivity index (χ2n) is 9.23. The van der Waals surface area contributed by atoms with Crippen molar-refractivity contribution >= 4 is 58.5 Å². The minimum atomic E-state index is -0.510. The number of methoxy groups -OCH3 is 2. The summed E-state index contributed by atoms with van der Waals surface area (Å²) in [5, 5.41) is 8.49. The van der Waals surface area contributed by atoms with Gasteiger partial charge in [0.15, 0.2) is 0 Å². The van der Waals surface area contributed by atoms with Crippen molar-refractivity contribution in [3.8, 4) is 11.5 Å². The number of benzene rings is 4. The molecule has 3 amide bonds. The number of amides is 3. The quantitative estimate of drug-likeness (QED) is 0.125. The summed E-state index contributed by atoms with van der Waals surface area (Å²) in [6.07, 6.45) is 1.56. The number of halogens is 1. The zero-order valence-corrected chi connectivity index (χ0v) is 25.3. The van der Waals surface area contributed by atoms with Crippen LogP contribution in [0.5, 0.6) is 11.5 Å². The Hall–Kier alpha value is -4.73. The van der Waals surface area contributed by atoms with Gasteiger partial charge in [0.05, 0.1) is 25.2 Å². The fourth-order valence-electron chi connectivity index (χ4n) is 3.92. The lowest BCUT2D eigenvalue weighted by Crippen LogP contribution is -2.30. The molecule has 0 aliphatic rings. The molecule has 0 aliphatic heterocycles. The Kier molecular flexibility index (Phi) is 10.9. The zero-order valence-electron chi connectivity index (χ0n) is 23.7. The van der Waals surface area contributed by atoms with E-state index in [4.69, 9.17) is 21.1 Å². The third-order valence-corrected chi connectivity index (χ3v) is 7.49. The number of carbonyl (C=O) groups is 3. The van der Waals surface area contributed by atoms with Gasteiger partial charge in [0.25, 0.3) is 11.8 Å². The van der Waals surface area contributed by atoms with Gasteiger partial charge in [-0.25, -0.2) is 0 Å². The van der Waals surface area contributed by atoms with Crippen LogP contribution in [-0.2, 0) is 9.59 Å². The van der Waals surface area contributed by atoms with Crippen molar-refractivity contribution in [3.05, 3.63) is 119 Å². The lowest BCUT2D eigenvalue weighted by molar-refractivity contribution is -0.115. The Morgan fingerprint density at radius 2 is 1.58 bits per heavy atom. The molecule has 4 rings (SSSR count). The first kappa shape index (κ1) is 31.2. The summed E-state index contributed by atoms with van der Waals surface area (Å²) < 4.78 is 10.6. The van der Waals surface area contributed by atoms with Gasteiger partial charge in [-0.1, -0.05) is 41.9 Å². The van der Waals surface area contributed by atoms with E-state index in [0.717, 1.165) is 4.90 Å². The van der Waals surface area contributed by atoms with Gasteiger partial charge in [0, 0.05) is 27.2 Å². The largest absolute Gasteiger partial charge is 0.497 e. The predicted molar refractivity (Wildman–Crippen MR) is 172 cm³/mol. The number of nitrogens with one attached hydrogen (secondary N) is 3. The van der Waals surface area contributed by atoms with E-state index in [1.165, 1.54) is 18.9 Å². The van der Waals surface area contributed by atoms with Gasteiger partial charge in [0.1, 0.15) is 17.2 Å². The molecule has 0 spiro atoms. The maximum atomic E-state index is 13.3. The van der Waals surface area contributed by atoms with Crippen LogP contribution in [-0.4, -0.2) is 37.2 Å². The van der Waals surface area contributed by atoms with E-state index in [1.54, 1.807) is 117 Å². The van der Waals surface area contributed by atoms with E-state index in [1.807, 2.05) is 0 Å². The molecule has 0 heterocycles. The third-order valence-electron chi connectivity index (χ3n) is 6.15. The first-order chi connectivity index (χ1) is 20.7. The number of hydrogen-bond donors (Lipinski definition) is 3. The molecule has 3 N–H and O–H groups in total. The summed E-state index contributed by atoms with van der Waals surface area (Å²) >= 11 is 7.48. The minimum Gasteiger partial charge on any atom is -0.497 e. The Morgan fingerprint density at radius 3 is 2.26 bits per heavy atom. The number of thioether (sulfide) groups is 1. The van der Waals surface area contributed by atoms with Crippen LogP contribution in [0.1, 0.15) is 22.8 Å². The highest BCUT2D eigenvalue weighted by Crippen LogP contribution is 2.31. The average Bonchev–Trinajstić information content (AvgIpc) is 3.02. The first-order valence-corrected chi connectivity index (χ1v) is 14.5. The van der Waals surface area contributed by atoms with E-state index in [9.17, 15) is 14.4 Å². The summed E-state index contributed by atoms with van der Waals surface area (Å²) in [6, 6.07) is 27.8. The Labute approximate surface area is 259 Å². The summed E-state index contributed by atoms with van der Waals surface area (Å²) in [4.78, 5) is 39.9. The third kappa shape index (κ3) is 8.88. The second-order valence-corrected chi connectivity index (χ2v) is 11.1. The molecule has 0 radical (unpaired) electrons. The molecular formula is C33H30ClN3O5S. The van der Waals surface area contributed by atoms with Crippen LogP contribution in [0.2, 0.25) is 5.02 Å². The number of rotatable bonds is 11. The second kappa shape index (κ2) is 14.9. The highest BCUT2D eigenvalue weighted by atomic mass is 35.5. The Bertz CT molecular complexity index is 1630. The van der Waals surface area contributed by atoms with E-state index in [0.29, 0.717) is 39.0 Å². The summed E-state index contributed by atoms with van der Waals surface area (Å²) in [5.74, 6) is -0.0208. The number of anilines is 2. The molecular weight excluding hydrogens is 586 g/mol. The van der Waals surface area contributed by atoms with Crippen LogP contribution < -0.4 is 25.4 Å². The summed E-state index contributed by atoms with van der Waals surface area (Å²) in [6.45, 7) is 1.80. The number of ether oxygens (including phenoxy) is 2. The van der Waals surface area contributed by atoms with Crippen molar-refractivity contribution in [3.63, 3.8) is 0 Å². The van der Waals surface area contributed by atoms with Crippen molar-refractivity contribution in [2.24, 2.45) is 0 Å². The molecule has 1 atom stereocenters. The SMILES string of the molecule is COc1ccc(OC)c(NC(=O)C(C)Sc2ccc(NC(=O)/C(=C/c3cccc(Cl)c3)NC(=O)c3ccccc3)cc2)c1. The Morgan fingerprint density at radius 1 is 0.837 bits per heavy atom. The maximum absolute atomic E-state index is 13.3. The van der Waals surface area contributed by atoms with Crippen LogP contribution in [0.25, 0.3) is 6.08 Å². The van der Waals surface area contributed by atoms with Crippen molar-refractivity contribution in [1.29, 1.82) is 0 Å². The van der Waals surface area contributed by atoms with Crippen LogP contribution in [0.15, 0.2) is 108 Å². The number of hydrogen-bond acceptors (Lipinski definition) is 6. The molecule has 8 nitrogen and oxygen atoms in total. The van der Waals surface area contributed by atoms with E-state index in [-0.39, 0.29) is 11.6 Å². The van der Waals surface area contributed by atoms with Crippen molar-refractivity contribution in [2.75, 3.05) is 24.9 Å². The Balaban J connectivity index is 1.43. The molecule has 0 aromatic heterocycles. The topological polar surface area (TPSA) is 106 Å². The molecule has 0 saturated heterocycles. The van der Waals surface area contributed by atoms with Gasteiger partial charge in [-0.2, -0.15) is 0 Å². The lowest BCUT2D eigenvalue weighted by Gasteiger charge is -2.15. The van der Waals surface area contributed by atoms with Crippen molar-refractivity contribution in [1.82, 2.24) is 5.32 Å². The van der Waals surface area contributed by atoms with Crippen molar-refractivity contribution in [2.45, 2.75) is 17.1 Å². The maximum Gasteiger partial charge on any atom is 0.272 e. The van der Waals surface area contributed by atoms with Gasteiger partial charge in [-0.05, 0) is 79.2 Å². The molecule has 1 unspecified atom stereocenters. The van der Waals surface area contributed by atoms with Crippen LogP contribution >= 0.6 is 23.4 Å². The number of carbonyl (C=O) groups excluding carboxylic acids is 3. The fraction of sp³-hybridized carbons (Fsp3) is 0.121. The standard InChI is InChI=1S/C33H30ClN3O5S/c1-21(31(38)36-28-20-26(41-2)14-17-30(28)42-3)43-27-15-12-25(13-16-27)35-33(40)29(19-22-8-7-11-24(34)18-22)37-32(39)23-9-5-4-6-10-23/h4-21H,1-3H3,(H,35,40)(H,36,38)(H,37,39)/b29-19-. The van der Waals surface area contributed by atoms with Gasteiger partial charge in [-0.15, -0.1) is 11.8 Å². The molecule has 0 bridgehead atoms. The van der Waals surface area contributed by atoms with Gasteiger partial charge in [-0.3, -0.25) is 14.4 Å². The monoisotopic (exact) mass is 615 g/mol. The molecule has 220 valence electrons. The lowest BCUT2D eigenvalue weighted by atomic mass is 10.1. The molecule has 0 saturated carbocycles. The molecule has 4 aromatic rings.